The van der Waals surface area contributed by atoms with Gasteiger partial charge in [-0.1, -0.05) is 0 Å². The van der Waals surface area contributed by atoms with Gasteiger partial charge < -0.3 is 10.0 Å². The molecule has 0 amide bonds. The lowest BCUT2D eigenvalue weighted by atomic mass is 10.2. The van der Waals surface area contributed by atoms with E-state index < -0.39 is 0 Å². The van der Waals surface area contributed by atoms with E-state index in [1.165, 1.54) is 11.5 Å². The maximum Gasteiger partial charge on any atom is 0.205 e. The second-order valence-electron chi connectivity index (χ2n) is 4.78. The zero-order chi connectivity index (χ0) is 12.4. The van der Waals surface area contributed by atoms with E-state index in [4.69, 9.17) is 0 Å². The van der Waals surface area contributed by atoms with Crippen LogP contribution in [0.25, 0.3) is 0 Å². The SMILES string of the molecule is Cc1nsc(N2CCN(CC(C)O)CC2C)n1. The summed E-state index contributed by atoms with van der Waals surface area (Å²) in [4.78, 5) is 9.05. The third-order valence-electron chi connectivity index (χ3n) is 3.00. The number of aliphatic hydroxyl groups is 1. The molecule has 1 aromatic heterocycles. The molecular formula is C11H20N4OS. The zero-order valence-electron chi connectivity index (χ0n) is 10.6. The van der Waals surface area contributed by atoms with Gasteiger partial charge in [-0.25, -0.2) is 4.98 Å². The van der Waals surface area contributed by atoms with E-state index in [1.54, 1.807) is 0 Å². The molecule has 1 aliphatic rings. The minimum absolute atomic E-state index is 0.252. The summed E-state index contributed by atoms with van der Waals surface area (Å²) in [6.07, 6.45) is -0.252. The topological polar surface area (TPSA) is 52.5 Å². The average Bonchev–Trinajstić information content (AvgIpc) is 2.64. The largest absolute Gasteiger partial charge is 0.392 e. The fraction of sp³-hybridized carbons (Fsp3) is 0.818. The Hall–Kier alpha value is -0.720. The van der Waals surface area contributed by atoms with Crippen LogP contribution >= 0.6 is 11.5 Å². The van der Waals surface area contributed by atoms with Gasteiger partial charge in [-0.05, 0) is 20.8 Å². The fourth-order valence-electron chi connectivity index (χ4n) is 2.26. The van der Waals surface area contributed by atoms with Gasteiger partial charge in [-0.3, -0.25) is 4.90 Å². The number of piperazine rings is 1. The smallest absolute Gasteiger partial charge is 0.205 e. The molecule has 0 aromatic carbocycles. The molecule has 0 saturated carbocycles. The molecule has 2 unspecified atom stereocenters. The van der Waals surface area contributed by atoms with Crippen molar-refractivity contribution in [1.29, 1.82) is 0 Å². The van der Waals surface area contributed by atoms with Crippen molar-refractivity contribution in [3.05, 3.63) is 5.82 Å². The van der Waals surface area contributed by atoms with Crippen LogP contribution in [-0.4, -0.2) is 57.7 Å². The van der Waals surface area contributed by atoms with Crippen LogP contribution in [0.4, 0.5) is 5.13 Å². The highest BCUT2D eigenvalue weighted by atomic mass is 32.1. The molecule has 1 aromatic rings. The van der Waals surface area contributed by atoms with Crippen molar-refractivity contribution in [2.75, 3.05) is 31.1 Å². The summed E-state index contributed by atoms with van der Waals surface area (Å²) >= 11 is 1.47. The number of β-amino-alcohol motifs (C(OH)–C–C–N with tert-alkyl or cyclic N) is 1. The number of rotatable bonds is 3. The molecule has 17 heavy (non-hydrogen) atoms. The lowest BCUT2D eigenvalue weighted by Gasteiger charge is -2.39. The number of anilines is 1. The van der Waals surface area contributed by atoms with Gasteiger partial charge in [0.25, 0.3) is 0 Å². The van der Waals surface area contributed by atoms with Gasteiger partial charge in [-0.15, -0.1) is 0 Å². The van der Waals surface area contributed by atoms with E-state index in [-0.39, 0.29) is 6.10 Å². The number of hydrogen-bond acceptors (Lipinski definition) is 6. The highest BCUT2D eigenvalue weighted by Gasteiger charge is 2.26. The van der Waals surface area contributed by atoms with Crippen molar-refractivity contribution in [3.63, 3.8) is 0 Å². The third-order valence-corrected chi connectivity index (χ3v) is 3.84. The Morgan fingerprint density at radius 2 is 2.29 bits per heavy atom. The van der Waals surface area contributed by atoms with Gasteiger partial charge in [-0.2, -0.15) is 4.37 Å². The predicted molar refractivity (Wildman–Crippen MR) is 69.6 cm³/mol. The summed E-state index contributed by atoms with van der Waals surface area (Å²) in [5.41, 5.74) is 0. The van der Waals surface area contributed by atoms with Crippen LogP contribution in [0, 0.1) is 6.92 Å². The van der Waals surface area contributed by atoms with Crippen LogP contribution in [0.1, 0.15) is 19.7 Å². The first-order valence-corrected chi connectivity index (χ1v) is 6.81. The molecule has 5 nitrogen and oxygen atoms in total. The van der Waals surface area contributed by atoms with Crippen molar-refractivity contribution < 1.29 is 5.11 Å². The van der Waals surface area contributed by atoms with Crippen molar-refractivity contribution in [2.24, 2.45) is 0 Å². The van der Waals surface area contributed by atoms with E-state index >= 15 is 0 Å². The number of hydrogen-bond donors (Lipinski definition) is 1. The van der Waals surface area contributed by atoms with Gasteiger partial charge in [0, 0.05) is 43.8 Å². The highest BCUT2D eigenvalue weighted by molar-refractivity contribution is 7.09. The van der Waals surface area contributed by atoms with Crippen LogP contribution in [0.15, 0.2) is 0 Å². The van der Waals surface area contributed by atoms with Crippen LogP contribution in [0.2, 0.25) is 0 Å². The molecule has 2 atom stereocenters. The molecule has 96 valence electrons. The monoisotopic (exact) mass is 256 g/mol. The Morgan fingerprint density at radius 1 is 1.53 bits per heavy atom. The maximum atomic E-state index is 9.40. The Bertz CT molecular complexity index is 368. The fourth-order valence-corrected chi connectivity index (χ4v) is 3.06. The molecule has 1 aliphatic heterocycles. The highest BCUT2D eigenvalue weighted by Crippen LogP contribution is 2.22. The van der Waals surface area contributed by atoms with Gasteiger partial charge in [0.2, 0.25) is 5.13 Å². The van der Waals surface area contributed by atoms with Crippen LogP contribution < -0.4 is 4.90 Å². The van der Waals surface area contributed by atoms with E-state index in [0.29, 0.717) is 6.04 Å². The molecular weight excluding hydrogens is 236 g/mol. The van der Waals surface area contributed by atoms with Gasteiger partial charge in [0.1, 0.15) is 5.82 Å². The van der Waals surface area contributed by atoms with Gasteiger partial charge in [0.05, 0.1) is 6.10 Å². The molecule has 6 heteroatoms. The predicted octanol–water partition coefficient (Wildman–Crippen LogP) is 0.738. The quantitative estimate of drug-likeness (QED) is 0.864. The zero-order valence-corrected chi connectivity index (χ0v) is 11.4. The van der Waals surface area contributed by atoms with Gasteiger partial charge >= 0.3 is 0 Å². The second kappa shape index (κ2) is 5.29. The molecule has 1 N–H and O–H groups in total. The lowest BCUT2D eigenvalue weighted by Crippen LogP contribution is -2.53. The van der Waals surface area contributed by atoms with Crippen molar-refractivity contribution in [3.8, 4) is 0 Å². The maximum absolute atomic E-state index is 9.40. The minimum atomic E-state index is -0.252. The summed E-state index contributed by atoms with van der Waals surface area (Å²) in [6.45, 7) is 9.64. The first kappa shape index (κ1) is 12.7. The Morgan fingerprint density at radius 3 is 2.82 bits per heavy atom. The number of aromatic nitrogens is 2. The first-order chi connectivity index (χ1) is 8.06. The average molecular weight is 256 g/mol. The van der Waals surface area contributed by atoms with Crippen molar-refractivity contribution in [1.82, 2.24) is 14.3 Å². The van der Waals surface area contributed by atoms with Crippen LogP contribution in [-0.2, 0) is 0 Å². The number of aliphatic hydroxyl groups excluding tert-OH is 1. The van der Waals surface area contributed by atoms with E-state index in [9.17, 15) is 5.11 Å². The summed E-state index contributed by atoms with van der Waals surface area (Å²) < 4.78 is 4.23. The number of nitrogens with zero attached hydrogens (tertiary/aromatic N) is 4. The van der Waals surface area contributed by atoms with Crippen molar-refractivity contribution in [2.45, 2.75) is 32.9 Å². The van der Waals surface area contributed by atoms with Crippen LogP contribution in [0.3, 0.4) is 0 Å². The Kier molecular flexibility index (Phi) is 3.96. The molecule has 0 radical (unpaired) electrons. The molecule has 1 saturated heterocycles. The Labute approximate surface area is 106 Å². The molecule has 0 bridgehead atoms. The summed E-state index contributed by atoms with van der Waals surface area (Å²) in [5, 5.41) is 10.4. The second-order valence-corrected chi connectivity index (χ2v) is 5.51. The van der Waals surface area contributed by atoms with Gasteiger partial charge in [0.15, 0.2) is 0 Å². The summed E-state index contributed by atoms with van der Waals surface area (Å²) in [6, 6.07) is 0.426. The molecule has 1 fully saturated rings. The normalized spacial score (nSPS) is 24.0. The Balaban J connectivity index is 1.96. The molecule has 0 spiro atoms. The number of aryl methyl sites for hydroxylation is 1. The minimum Gasteiger partial charge on any atom is -0.392 e. The summed E-state index contributed by atoms with van der Waals surface area (Å²) in [5.74, 6) is 0.851. The molecule has 0 aliphatic carbocycles. The summed E-state index contributed by atoms with van der Waals surface area (Å²) in [7, 11) is 0. The first-order valence-electron chi connectivity index (χ1n) is 6.03. The van der Waals surface area contributed by atoms with E-state index in [1.807, 2.05) is 13.8 Å². The van der Waals surface area contributed by atoms with Crippen LogP contribution in [0.5, 0.6) is 0 Å². The molecule has 2 rings (SSSR count). The standard InChI is InChI=1S/C11H20N4OS/c1-8-6-14(7-9(2)16)4-5-15(8)11-12-10(3)13-17-11/h8-9,16H,4-7H2,1-3H3. The van der Waals surface area contributed by atoms with E-state index in [0.717, 1.165) is 37.1 Å². The van der Waals surface area contributed by atoms with E-state index in [2.05, 4.69) is 26.1 Å². The molecule has 2 heterocycles. The third kappa shape index (κ3) is 3.14. The van der Waals surface area contributed by atoms with Crippen molar-refractivity contribution >= 4 is 16.7 Å². The lowest BCUT2D eigenvalue weighted by molar-refractivity contribution is 0.115.